The molecule has 2 atom stereocenters. The van der Waals surface area contributed by atoms with Gasteiger partial charge in [0.2, 0.25) is 5.91 Å². The predicted octanol–water partition coefficient (Wildman–Crippen LogP) is 1.82. The Kier molecular flexibility index (Phi) is 4.10. The van der Waals surface area contributed by atoms with Gasteiger partial charge in [0.1, 0.15) is 0 Å². The second kappa shape index (κ2) is 5.61. The van der Waals surface area contributed by atoms with Crippen molar-refractivity contribution < 1.29 is 4.79 Å². The van der Waals surface area contributed by atoms with Gasteiger partial charge in [0, 0.05) is 31.5 Å². The fraction of sp³-hybridized carbons (Fsp3) is 0.533. The topological polar surface area (TPSA) is 49.6 Å². The molecule has 0 spiro atoms. The van der Waals surface area contributed by atoms with E-state index in [1.54, 1.807) is 4.90 Å². The van der Waals surface area contributed by atoms with Crippen molar-refractivity contribution in [1.29, 1.82) is 0 Å². The first kappa shape index (κ1) is 13.9. The molecule has 1 saturated heterocycles. The molecule has 1 aromatic rings. The van der Waals surface area contributed by atoms with Gasteiger partial charge in [0.15, 0.2) is 0 Å². The molecule has 19 heavy (non-hydrogen) atoms. The second-order valence-electron chi connectivity index (χ2n) is 5.69. The van der Waals surface area contributed by atoms with Crippen LogP contribution in [0.3, 0.4) is 0 Å². The summed E-state index contributed by atoms with van der Waals surface area (Å²) in [4.78, 5) is 16.2. The number of benzene rings is 1. The van der Waals surface area contributed by atoms with Crippen LogP contribution >= 0.6 is 0 Å². The third-order valence-corrected chi connectivity index (χ3v) is 4.08. The number of nitrogens with zero attached hydrogens (tertiary/aromatic N) is 2. The van der Waals surface area contributed by atoms with Crippen molar-refractivity contribution in [3.63, 3.8) is 0 Å². The molecule has 104 valence electrons. The van der Waals surface area contributed by atoms with E-state index in [2.05, 4.69) is 18.7 Å². The molecular formula is C15H23N3O. The van der Waals surface area contributed by atoms with Gasteiger partial charge in [-0.05, 0) is 36.1 Å². The minimum atomic E-state index is 0.131. The van der Waals surface area contributed by atoms with Crippen molar-refractivity contribution in [3.05, 3.63) is 24.3 Å². The molecule has 0 radical (unpaired) electrons. The first-order valence-corrected chi connectivity index (χ1v) is 6.82. The lowest BCUT2D eigenvalue weighted by molar-refractivity contribution is -0.119. The van der Waals surface area contributed by atoms with Crippen LogP contribution in [0, 0.1) is 11.8 Å². The summed E-state index contributed by atoms with van der Waals surface area (Å²) in [7, 11) is 1.82. The lowest BCUT2D eigenvalue weighted by atomic mass is 10.0. The summed E-state index contributed by atoms with van der Waals surface area (Å²) < 4.78 is 0. The van der Waals surface area contributed by atoms with E-state index in [0.717, 1.165) is 18.8 Å². The minimum Gasteiger partial charge on any atom is -0.399 e. The smallest absolute Gasteiger partial charge is 0.240 e. The third kappa shape index (κ3) is 3.26. The van der Waals surface area contributed by atoms with Crippen molar-refractivity contribution in [2.75, 3.05) is 37.3 Å². The SMILES string of the molecule is CC1CN(CC(=O)N(C)c2ccc(N)cc2)CC1C. The fourth-order valence-electron chi connectivity index (χ4n) is 2.52. The molecule has 0 aliphatic carbocycles. The molecule has 1 aliphatic heterocycles. The van der Waals surface area contributed by atoms with Crippen molar-refractivity contribution in [3.8, 4) is 0 Å². The molecule has 2 unspecified atom stereocenters. The molecule has 0 saturated carbocycles. The molecule has 1 aliphatic rings. The highest BCUT2D eigenvalue weighted by atomic mass is 16.2. The van der Waals surface area contributed by atoms with Crippen LogP contribution in [0.1, 0.15) is 13.8 Å². The zero-order valence-electron chi connectivity index (χ0n) is 12.0. The van der Waals surface area contributed by atoms with E-state index < -0.39 is 0 Å². The van der Waals surface area contributed by atoms with Gasteiger partial charge in [0.25, 0.3) is 0 Å². The number of likely N-dealkylation sites (N-methyl/N-ethyl adjacent to an activating group) is 1. The van der Waals surface area contributed by atoms with E-state index >= 15 is 0 Å². The Morgan fingerprint density at radius 2 is 1.79 bits per heavy atom. The molecule has 2 rings (SSSR count). The van der Waals surface area contributed by atoms with Crippen LogP contribution in [-0.2, 0) is 4.79 Å². The summed E-state index contributed by atoms with van der Waals surface area (Å²) in [6, 6.07) is 7.39. The number of likely N-dealkylation sites (tertiary alicyclic amines) is 1. The number of rotatable bonds is 3. The Labute approximate surface area is 115 Å². The first-order chi connectivity index (χ1) is 8.97. The highest BCUT2D eigenvalue weighted by Crippen LogP contribution is 2.22. The second-order valence-corrected chi connectivity index (χ2v) is 5.69. The molecule has 1 fully saturated rings. The van der Waals surface area contributed by atoms with E-state index in [9.17, 15) is 4.79 Å². The molecule has 0 bridgehead atoms. The molecule has 1 heterocycles. The normalized spacial score (nSPS) is 23.5. The third-order valence-electron chi connectivity index (χ3n) is 4.08. The summed E-state index contributed by atoms with van der Waals surface area (Å²) in [5.41, 5.74) is 7.26. The van der Waals surface area contributed by atoms with Crippen LogP contribution in [0.4, 0.5) is 11.4 Å². The van der Waals surface area contributed by atoms with Gasteiger partial charge in [-0.3, -0.25) is 9.69 Å². The molecule has 4 heteroatoms. The van der Waals surface area contributed by atoms with Crippen molar-refractivity contribution in [1.82, 2.24) is 4.90 Å². The lowest BCUT2D eigenvalue weighted by Gasteiger charge is -2.21. The van der Waals surface area contributed by atoms with E-state index in [4.69, 9.17) is 5.73 Å². The number of carbonyl (C=O) groups is 1. The number of anilines is 2. The van der Waals surface area contributed by atoms with E-state index in [-0.39, 0.29) is 5.91 Å². The molecule has 2 N–H and O–H groups in total. The van der Waals surface area contributed by atoms with Gasteiger partial charge in [-0.1, -0.05) is 13.8 Å². The maximum atomic E-state index is 12.3. The Bertz CT molecular complexity index is 433. The molecular weight excluding hydrogens is 238 g/mol. The summed E-state index contributed by atoms with van der Waals surface area (Å²) in [6.07, 6.45) is 0. The standard InChI is InChI=1S/C15H23N3O/c1-11-8-18(9-12(11)2)10-15(19)17(3)14-6-4-13(16)5-7-14/h4-7,11-12H,8-10,16H2,1-3H3. The monoisotopic (exact) mass is 261 g/mol. The Morgan fingerprint density at radius 1 is 1.26 bits per heavy atom. The van der Waals surface area contributed by atoms with Crippen LogP contribution in [-0.4, -0.2) is 37.5 Å². The Balaban J connectivity index is 1.94. The number of amides is 1. The van der Waals surface area contributed by atoms with Crippen LogP contribution in [0.25, 0.3) is 0 Å². The molecule has 4 nitrogen and oxygen atoms in total. The number of carbonyl (C=O) groups excluding carboxylic acids is 1. The molecule has 1 aromatic carbocycles. The number of nitrogen functional groups attached to an aromatic ring is 1. The lowest BCUT2D eigenvalue weighted by Crippen LogP contribution is -2.37. The number of hydrogen-bond donors (Lipinski definition) is 1. The van der Waals surface area contributed by atoms with Gasteiger partial charge in [-0.15, -0.1) is 0 Å². The van der Waals surface area contributed by atoms with Gasteiger partial charge in [0.05, 0.1) is 6.54 Å². The zero-order chi connectivity index (χ0) is 14.0. The number of hydrogen-bond acceptors (Lipinski definition) is 3. The van der Waals surface area contributed by atoms with Crippen molar-refractivity contribution in [2.24, 2.45) is 11.8 Å². The first-order valence-electron chi connectivity index (χ1n) is 6.82. The highest BCUT2D eigenvalue weighted by Gasteiger charge is 2.28. The van der Waals surface area contributed by atoms with Crippen LogP contribution in [0.15, 0.2) is 24.3 Å². The average molecular weight is 261 g/mol. The van der Waals surface area contributed by atoms with Gasteiger partial charge in [-0.2, -0.15) is 0 Å². The maximum Gasteiger partial charge on any atom is 0.240 e. The van der Waals surface area contributed by atoms with Gasteiger partial charge in [-0.25, -0.2) is 0 Å². The highest BCUT2D eigenvalue weighted by molar-refractivity contribution is 5.94. The summed E-state index contributed by atoms with van der Waals surface area (Å²) in [5, 5.41) is 0. The Hall–Kier alpha value is -1.55. The summed E-state index contributed by atoms with van der Waals surface area (Å²) in [5.74, 6) is 1.48. The fourth-order valence-corrected chi connectivity index (χ4v) is 2.52. The van der Waals surface area contributed by atoms with Crippen LogP contribution < -0.4 is 10.6 Å². The summed E-state index contributed by atoms with van der Waals surface area (Å²) in [6.45, 7) is 7.03. The van der Waals surface area contributed by atoms with Gasteiger partial charge < -0.3 is 10.6 Å². The predicted molar refractivity (Wildman–Crippen MR) is 79.0 cm³/mol. The maximum absolute atomic E-state index is 12.3. The molecule has 1 amide bonds. The molecule has 0 aromatic heterocycles. The van der Waals surface area contributed by atoms with E-state index in [1.807, 2.05) is 31.3 Å². The van der Waals surface area contributed by atoms with E-state index in [0.29, 0.717) is 24.1 Å². The average Bonchev–Trinajstić information content (AvgIpc) is 2.68. The number of nitrogens with two attached hydrogens (primary N) is 1. The largest absolute Gasteiger partial charge is 0.399 e. The summed E-state index contributed by atoms with van der Waals surface area (Å²) >= 11 is 0. The minimum absolute atomic E-state index is 0.131. The quantitative estimate of drug-likeness (QED) is 0.844. The van der Waals surface area contributed by atoms with Gasteiger partial charge >= 0.3 is 0 Å². The van der Waals surface area contributed by atoms with Crippen molar-refractivity contribution >= 4 is 17.3 Å². The van der Waals surface area contributed by atoms with Crippen LogP contribution in [0.5, 0.6) is 0 Å². The Morgan fingerprint density at radius 3 is 2.32 bits per heavy atom. The zero-order valence-corrected chi connectivity index (χ0v) is 12.0. The van der Waals surface area contributed by atoms with E-state index in [1.165, 1.54) is 0 Å². The van der Waals surface area contributed by atoms with Crippen LogP contribution in [0.2, 0.25) is 0 Å². The van der Waals surface area contributed by atoms with Crippen molar-refractivity contribution in [2.45, 2.75) is 13.8 Å².